The molecule has 0 aromatic carbocycles. The zero-order valence-electron chi connectivity index (χ0n) is 11.2. The number of hydrogen-bond acceptors (Lipinski definition) is 3. The molecular formula is C15H19N3O. The zero-order chi connectivity index (χ0) is 13.7. The van der Waals surface area contributed by atoms with E-state index in [2.05, 4.69) is 16.8 Å². The van der Waals surface area contributed by atoms with Gasteiger partial charge in [0, 0.05) is 19.3 Å². The largest absolute Gasteiger partial charge is 0.337 e. The van der Waals surface area contributed by atoms with Crippen molar-refractivity contribution in [1.29, 1.82) is 0 Å². The number of nitrogens with two attached hydrogens (primary N) is 1. The first-order valence-corrected chi connectivity index (χ1v) is 6.65. The van der Waals surface area contributed by atoms with E-state index in [0.717, 1.165) is 12.8 Å². The summed E-state index contributed by atoms with van der Waals surface area (Å²) in [4.78, 5) is 18.5. The van der Waals surface area contributed by atoms with Gasteiger partial charge in [0.15, 0.2) is 0 Å². The molecule has 0 atom stereocenters. The van der Waals surface area contributed by atoms with Crippen LogP contribution in [0, 0.1) is 11.8 Å². The highest BCUT2D eigenvalue weighted by atomic mass is 16.2. The molecular weight excluding hydrogens is 238 g/mol. The van der Waals surface area contributed by atoms with E-state index in [4.69, 9.17) is 5.73 Å². The third kappa shape index (κ3) is 3.12. The molecule has 1 fully saturated rings. The SMILES string of the molecule is CN(C(=O)c1ncccc1C#CCN)C1CCCC1. The summed E-state index contributed by atoms with van der Waals surface area (Å²) in [6.07, 6.45) is 6.19. The van der Waals surface area contributed by atoms with Crippen LogP contribution in [0.2, 0.25) is 0 Å². The number of aromatic nitrogens is 1. The van der Waals surface area contributed by atoms with E-state index < -0.39 is 0 Å². The molecule has 1 saturated carbocycles. The molecule has 0 spiro atoms. The summed E-state index contributed by atoms with van der Waals surface area (Å²) in [5.74, 6) is 5.64. The predicted molar refractivity (Wildman–Crippen MR) is 74.5 cm³/mol. The lowest BCUT2D eigenvalue weighted by atomic mass is 10.1. The monoisotopic (exact) mass is 257 g/mol. The zero-order valence-corrected chi connectivity index (χ0v) is 11.2. The molecule has 19 heavy (non-hydrogen) atoms. The Kier molecular flexibility index (Phi) is 4.53. The summed E-state index contributed by atoms with van der Waals surface area (Å²) in [6.45, 7) is 0.279. The second kappa shape index (κ2) is 6.35. The molecule has 4 nitrogen and oxygen atoms in total. The molecule has 2 rings (SSSR count). The molecule has 1 aliphatic carbocycles. The first-order valence-electron chi connectivity index (χ1n) is 6.65. The molecule has 1 heterocycles. The van der Waals surface area contributed by atoms with Crippen LogP contribution in [-0.2, 0) is 0 Å². The molecule has 4 heteroatoms. The van der Waals surface area contributed by atoms with E-state index in [1.54, 1.807) is 12.3 Å². The average Bonchev–Trinajstić information content (AvgIpc) is 2.98. The summed E-state index contributed by atoms with van der Waals surface area (Å²) in [7, 11) is 1.85. The minimum absolute atomic E-state index is 0.0474. The minimum Gasteiger partial charge on any atom is -0.337 e. The second-order valence-corrected chi connectivity index (χ2v) is 4.76. The Bertz CT molecular complexity index is 510. The molecule has 0 unspecified atom stereocenters. The van der Waals surface area contributed by atoms with Gasteiger partial charge in [-0.2, -0.15) is 0 Å². The highest BCUT2D eigenvalue weighted by Gasteiger charge is 2.25. The third-order valence-electron chi connectivity index (χ3n) is 3.53. The number of carbonyl (C=O) groups is 1. The van der Waals surface area contributed by atoms with Crippen molar-refractivity contribution in [2.75, 3.05) is 13.6 Å². The average molecular weight is 257 g/mol. The topological polar surface area (TPSA) is 59.2 Å². The smallest absolute Gasteiger partial charge is 0.273 e. The van der Waals surface area contributed by atoms with Gasteiger partial charge in [-0.1, -0.05) is 24.7 Å². The lowest BCUT2D eigenvalue weighted by Crippen LogP contribution is -2.36. The van der Waals surface area contributed by atoms with Crippen molar-refractivity contribution in [2.24, 2.45) is 5.73 Å². The Morgan fingerprint density at radius 3 is 2.95 bits per heavy atom. The predicted octanol–water partition coefficient (Wildman–Crippen LogP) is 1.41. The Hall–Kier alpha value is -1.86. The summed E-state index contributed by atoms with van der Waals surface area (Å²) < 4.78 is 0. The fraction of sp³-hybridized carbons (Fsp3) is 0.467. The van der Waals surface area contributed by atoms with Gasteiger partial charge in [0.2, 0.25) is 0 Å². The van der Waals surface area contributed by atoms with Crippen LogP contribution in [0.4, 0.5) is 0 Å². The van der Waals surface area contributed by atoms with Crippen molar-refractivity contribution >= 4 is 5.91 Å². The minimum atomic E-state index is -0.0474. The van der Waals surface area contributed by atoms with E-state index in [-0.39, 0.29) is 12.5 Å². The molecule has 1 aliphatic rings. The molecule has 1 amide bonds. The van der Waals surface area contributed by atoms with Crippen molar-refractivity contribution in [1.82, 2.24) is 9.88 Å². The van der Waals surface area contributed by atoms with Crippen molar-refractivity contribution in [3.05, 3.63) is 29.6 Å². The molecule has 2 N–H and O–H groups in total. The van der Waals surface area contributed by atoms with Crippen LogP contribution in [0.25, 0.3) is 0 Å². The third-order valence-corrected chi connectivity index (χ3v) is 3.53. The number of pyridine rings is 1. The van der Waals surface area contributed by atoms with Gasteiger partial charge in [-0.05, 0) is 25.0 Å². The Balaban J connectivity index is 2.22. The summed E-state index contributed by atoms with van der Waals surface area (Å²) in [5, 5.41) is 0. The maximum Gasteiger partial charge on any atom is 0.273 e. The Morgan fingerprint density at radius 1 is 1.53 bits per heavy atom. The first-order chi connectivity index (χ1) is 9.24. The van der Waals surface area contributed by atoms with Crippen LogP contribution in [0.1, 0.15) is 41.7 Å². The quantitative estimate of drug-likeness (QED) is 0.815. The molecule has 100 valence electrons. The van der Waals surface area contributed by atoms with Crippen LogP contribution >= 0.6 is 0 Å². The first kappa shape index (κ1) is 13.6. The van der Waals surface area contributed by atoms with Crippen molar-refractivity contribution in [3.8, 4) is 11.8 Å². The van der Waals surface area contributed by atoms with Crippen molar-refractivity contribution < 1.29 is 4.79 Å². The second-order valence-electron chi connectivity index (χ2n) is 4.76. The van der Waals surface area contributed by atoms with Gasteiger partial charge in [0.1, 0.15) is 5.69 Å². The fourth-order valence-electron chi connectivity index (χ4n) is 2.45. The lowest BCUT2D eigenvalue weighted by molar-refractivity contribution is 0.0729. The van der Waals surface area contributed by atoms with Gasteiger partial charge in [0.25, 0.3) is 5.91 Å². The maximum absolute atomic E-state index is 12.5. The van der Waals surface area contributed by atoms with Gasteiger partial charge in [-0.25, -0.2) is 4.98 Å². The number of carbonyl (C=O) groups excluding carboxylic acids is 1. The van der Waals surface area contributed by atoms with Crippen LogP contribution in [0.5, 0.6) is 0 Å². The molecule has 1 aromatic rings. The normalized spacial score (nSPS) is 14.8. The molecule has 0 radical (unpaired) electrons. The number of rotatable bonds is 2. The van der Waals surface area contributed by atoms with E-state index in [1.165, 1.54) is 12.8 Å². The van der Waals surface area contributed by atoms with Crippen LogP contribution in [0.15, 0.2) is 18.3 Å². The fourth-order valence-corrected chi connectivity index (χ4v) is 2.45. The van der Waals surface area contributed by atoms with Crippen molar-refractivity contribution in [3.63, 3.8) is 0 Å². The van der Waals surface area contributed by atoms with Crippen LogP contribution < -0.4 is 5.73 Å². The Labute approximate surface area is 114 Å². The summed E-state index contributed by atoms with van der Waals surface area (Å²) >= 11 is 0. The number of nitrogens with zero attached hydrogens (tertiary/aromatic N) is 2. The van der Waals surface area contributed by atoms with E-state index in [0.29, 0.717) is 17.3 Å². The standard InChI is InChI=1S/C15H19N3O/c1-18(13-8-2-3-9-13)15(19)14-12(6-4-10-16)7-5-11-17-14/h5,7,11,13H,2-3,8-10,16H2,1H3. The van der Waals surface area contributed by atoms with Crippen LogP contribution in [0.3, 0.4) is 0 Å². The molecule has 1 aromatic heterocycles. The maximum atomic E-state index is 12.5. The van der Waals surface area contributed by atoms with Gasteiger partial charge in [-0.3, -0.25) is 4.79 Å². The molecule has 0 saturated heterocycles. The number of amides is 1. The van der Waals surface area contributed by atoms with Gasteiger partial charge < -0.3 is 10.6 Å². The van der Waals surface area contributed by atoms with E-state index in [1.807, 2.05) is 18.0 Å². The van der Waals surface area contributed by atoms with E-state index in [9.17, 15) is 4.79 Å². The van der Waals surface area contributed by atoms with Crippen LogP contribution in [-0.4, -0.2) is 35.4 Å². The number of hydrogen-bond donors (Lipinski definition) is 1. The summed E-state index contributed by atoms with van der Waals surface area (Å²) in [6, 6.07) is 3.93. The van der Waals surface area contributed by atoms with Gasteiger partial charge in [0.05, 0.1) is 12.1 Å². The lowest BCUT2D eigenvalue weighted by Gasteiger charge is -2.24. The van der Waals surface area contributed by atoms with Gasteiger partial charge in [-0.15, -0.1) is 0 Å². The molecule has 0 bridgehead atoms. The Morgan fingerprint density at radius 2 is 2.26 bits per heavy atom. The highest BCUT2D eigenvalue weighted by Crippen LogP contribution is 2.23. The van der Waals surface area contributed by atoms with Crippen molar-refractivity contribution in [2.45, 2.75) is 31.7 Å². The summed E-state index contributed by atoms with van der Waals surface area (Å²) in [5.41, 5.74) is 6.46. The van der Waals surface area contributed by atoms with Gasteiger partial charge >= 0.3 is 0 Å². The molecule has 0 aliphatic heterocycles. The van der Waals surface area contributed by atoms with E-state index >= 15 is 0 Å². The highest BCUT2D eigenvalue weighted by molar-refractivity contribution is 5.94.